The van der Waals surface area contributed by atoms with Gasteiger partial charge in [-0.25, -0.2) is 13.8 Å². The molecule has 0 bridgehead atoms. The molecule has 2 aromatic rings. The van der Waals surface area contributed by atoms with Gasteiger partial charge in [0.15, 0.2) is 5.82 Å². The van der Waals surface area contributed by atoms with Crippen LogP contribution in [0.15, 0.2) is 12.1 Å². The first-order valence-corrected chi connectivity index (χ1v) is 8.32. The minimum atomic E-state index is -0.618. The molecule has 6 heteroatoms. The normalized spacial score (nSPS) is 13.1. The van der Waals surface area contributed by atoms with Crippen LogP contribution in [0.4, 0.5) is 8.78 Å². The van der Waals surface area contributed by atoms with Gasteiger partial charge in [-0.15, -0.1) is 11.6 Å². The summed E-state index contributed by atoms with van der Waals surface area (Å²) in [5, 5.41) is 0.481. The molecule has 0 N–H and O–H groups in total. The summed E-state index contributed by atoms with van der Waals surface area (Å²) in [6.45, 7) is 2.82. The first kappa shape index (κ1) is 15.6. The number of nitrogens with zero attached hydrogens (tertiary/aromatic N) is 2. The second kappa shape index (κ2) is 6.76. The van der Waals surface area contributed by atoms with Crippen LogP contribution < -0.4 is 0 Å². The highest BCUT2D eigenvalue weighted by Crippen LogP contribution is 2.23. The topological polar surface area (TPSA) is 17.8 Å². The van der Waals surface area contributed by atoms with Crippen LogP contribution in [0.1, 0.15) is 19.2 Å². The van der Waals surface area contributed by atoms with Crippen molar-refractivity contribution in [1.82, 2.24) is 9.55 Å². The summed E-state index contributed by atoms with van der Waals surface area (Å²) in [5.74, 6) is -0.0716. The molecule has 2 nitrogen and oxygen atoms in total. The maximum Gasteiger partial charge on any atom is 0.153 e. The van der Waals surface area contributed by atoms with E-state index in [1.165, 1.54) is 6.07 Å². The number of hydrogen-bond donors (Lipinski definition) is 0. The average Bonchev–Trinajstić information content (AvgIpc) is 2.74. The molecule has 1 aromatic carbocycles. The summed E-state index contributed by atoms with van der Waals surface area (Å²) >= 11 is 7.54. The van der Waals surface area contributed by atoms with Gasteiger partial charge in [-0.3, -0.25) is 0 Å². The van der Waals surface area contributed by atoms with E-state index >= 15 is 0 Å². The number of thioether (sulfide) groups is 1. The number of aromatic nitrogens is 2. The van der Waals surface area contributed by atoms with Gasteiger partial charge in [-0.05, 0) is 18.7 Å². The molecule has 0 saturated carbocycles. The Balaban J connectivity index is 2.44. The molecular formula is C14H17ClF2N2S. The van der Waals surface area contributed by atoms with Crippen LogP contribution >= 0.6 is 23.4 Å². The van der Waals surface area contributed by atoms with Crippen LogP contribution in [-0.2, 0) is 13.0 Å². The van der Waals surface area contributed by atoms with Gasteiger partial charge < -0.3 is 4.57 Å². The number of halogens is 3. The van der Waals surface area contributed by atoms with E-state index in [0.29, 0.717) is 35.4 Å². The molecule has 0 aliphatic rings. The Labute approximate surface area is 126 Å². The number of hydrogen-bond acceptors (Lipinski definition) is 2. The molecule has 20 heavy (non-hydrogen) atoms. The Morgan fingerprint density at radius 3 is 2.80 bits per heavy atom. The lowest BCUT2D eigenvalue weighted by molar-refractivity contribution is 0.588. The molecule has 1 heterocycles. The van der Waals surface area contributed by atoms with Gasteiger partial charge in [0.1, 0.15) is 17.2 Å². The molecular weight excluding hydrogens is 302 g/mol. The molecule has 1 aromatic heterocycles. The van der Waals surface area contributed by atoms with E-state index in [0.717, 1.165) is 12.5 Å². The lowest BCUT2D eigenvalue weighted by atomic mass is 10.2. The number of rotatable bonds is 6. The van der Waals surface area contributed by atoms with E-state index in [-0.39, 0.29) is 5.52 Å². The van der Waals surface area contributed by atoms with Gasteiger partial charge >= 0.3 is 0 Å². The zero-order valence-electron chi connectivity index (χ0n) is 11.5. The summed E-state index contributed by atoms with van der Waals surface area (Å²) in [6, 6.07) is 2.21. The monoisotopic (exact) mass is 318 g/mol. The average molecular weight is 319 g/mol. The fraction of sp³-hybridized carbons (Fsp3) is 0.500. The van der Waals surface area contributed by atoms with Gasteiger partial charge in [0.25, 0.3) is 0 Å². The van der Waals surface area contributed by atoms with Crippen molar-refractivity contribution in [2.24, 2.45) is 0 Å². The fourth-order valence-electron chi connectivity index (χ4n) is 2.15. The summed E-state index contributed by atoms with van der Waals surface area (Å²) < 4.78 is 29.1. The third-order valence-corrected chi connectivity index (χ3v) is 4.56. The first-order chi connectivity index (χ1) is 9.56. The minimum absolute atomic E-state index is 0.225. The Hall–Kier alpha value is -0.810. The fourth-order valence-corrected chi connectivity index (χ4v) is 2.66. The van der Waals surface area contributed by atoms with E-state index < -0.39 is 11.6 Å². The molecule has 110 valence electrons. The van der Waals surface area contributed by atoms with Crippen molar-refractivity contribution in [3.8, 4) is 0 Å². The van der Waals surface area contributed by atoms with E-state index in [4.69, 9.17) is 11.6 Å². The smallest absolute Gasteiger partial charge is 0.153 e. The maximum absolute atomic E-state index is 13.8. The van der Waals surface area contributed by atoms with Gasteiger partial charge in [0.2, 0.25) is 0 Å². The Kier molecular flexibility index (Phi) is 5.27. The largest absolute Gasteiger partial charge is 0.328 e. The van der Waals surface area contributed by atoms with Crippen molar-refractivity contribution < 1.29 is 8.78 Å². The second-order valence-corrected chi connectivity index (χ2v) is 6.36. The van der Waals surface area contributed by atoms with Crippen molar-refractivity contribution in [3.05, 3.63) is 29.6 Å². The van der Waals surface area contributed by atoms with Crippen molar-refractivity contribution >= 4 is 34.4 Å². The van der Waals surface area contributed by atoms with E-state index in [2.05, 4.69) is 18.2 Å². The van der Waals surface area contributed by atoms with Crippen molar-refractivity contribution in [3.63, 3.8) is 0 Å². The van der Waals surface area contributed by atoms with Crippen molar-refractivity contribution in [2.75, 3.05) is 12.1 Å². The summed E-state index contributed by atoms with van der Waals surface area (Å²) in [7, 11) is 0. The van der Waals surface area contributed by atoms with Gasteiger partial charge in [0, 0.05) is 30.2 Å². The predicted molar refractivity (Wildman–Crippen MR) is 81.7 cm³/mol. The quantitative estimate of drug-likeness (QED) is 0.741. The molecule has 1 atom stereocenters. The molecule has 0 aliphatic carbocycles. The lowest BCUT2D eigenvalue weighted by Crippen LogP contribution is -2.09. The lowest BCUT2D eigenvalue weighted by Gasteiger charge is -2.12. The molecule has 0 radical (unpaired) electrons. The highest BCUT2D eigenvalue weighted by Gasteiger charge is 2.15. The Morgan fingerprint density at radius 1 is 1.40 bits per heavy atom. The van der Waals surface area contributed by atoms with Crippen LogP contribution in [0.3, 0.4) is 0 Å². The second-order valence-electron chi connectivity index (χ2n) is 4.71. The third-order valence-electron chi connectivity index (χ3n) is 3.33. The zero-order chi connectivity index (χ0) is 14.7. The van der Waals surface area contributed by atoms with Crippen molar-refractivity contribution in [2.45, 2.75) is 31.6 Å². The molecule has 1 unspecified atom stereocenters. The van der Waals surface area contributed by atoms with Crippen LogP contribution in [0.5, 0.6) is 0 Å². The minimum Gasteiger partial charge on any atom is -0.328 e. The SMILES string of the molecule is CSC(C)CCn1c(CCCl)nc2c(F)cc(F)cc21. The predicted octanol–water partition coefficient (Wildman–Crippen LogP) is 4.24. The molecule has 0 fully saturated rings. The number of alkyl halides is 1. The highest BCUT2D eigenvalue weighted by atomic mass is 35.5. The zero-order valence-corrected chi connectivity index (χ0v) is 13.1. The van der Waals surface area contributed by atoms with Crippen LogP contribution in [0, 0.1) is 11.6 Å². The van der Waals surface area contributed by atoms with Crippen molar-refractivity contribution in [1.29, 1.82) is 0 Å². The number of imidazole rings is 1. The number of aryl methyl sites for hydroxylation is 2. The summed E-state index contributed by atoms with van der Waals surface area (Å²) in [5.41, 5.74) is 0.735. The third kappa shape index (κ3) is 3.26. The molecule has 2 rings (SSSR count). The molecule has 0 saturated heterocycles. The highest BCUT2D eigenvalue weighted by molar-refractivity contribution is 7.99. The van der Waals surface area contributed by atoms with Crippen LogP contribution in [0.25, 0.3) is 11.0 Å². The number of fused-ring (bicyclic) bond motifs is 1. The Morgan fingerprint density at radius 2 is 2.15 bits per heavy atom. The molecule has 0 amide bonds. The maximum atomic E-state index is 13.8. The first-order valence-electron chi connectivity index (χ1n) is 6.49. The standard InChI is InChI=1S/C14H17ClF2N2S/c1-9(20-2)4-6-19-12-8-10(16)7-11(17)14(12)18-13(19)3-5-15/h7-9H,3-6H2,1-2H3. The van der Waals surface area contributed by atoms with Gasteiger partial charge in [-0.2, -0.15) is 11.8 Å². The van der Waals surface area contributed by atoms with E-state index in [1.807, 2.05) is 4.57 Å². The van der Waals surface area contributed by atoms with Crippen LogP contribution in [-0.4, -0.2) is 26.9 Å². The van der Waals surface area contributed by atoms with E-state index in [9.17, 15) is 8.78 Å². The van der Waals surface area contributed by atoms with Gasteiger partial charge in [-0.1, -0.05) is 6.92 Å². The van der Waals surface area contributed by atoms with Crippen LogP contribution in [0.2, 0.25) is 0 Å². The summed E-state index contributed by atoms with van der Waals surface area (Å²) in [6.07, 6.45) is 3.51. The summed E-state index contributed by atoms with van der Waals surface area (Å²) in [4.78, 5) is 4.28. The number of benzene rings is 1. The van der Waals surface area contributed by atoms with E-state index in [1.54, 1.807) is 11.8 Å². The van der Waals surface area contributed by atoms with Gasteiger partial charge in [0.05, 0.1) is 5.52 Å². The Bertz CT molecular complexity index is 600. The molecule has 0 spiro atoms. The molecule has 0 aliphatic heterocycles.